The van der Waals surface area contributed by atoms with Crippen molar-refractivity contribution in [1.29, 1.82) is 0 Å². The average molecular weight is 502 g/mol. The maximum absolute atomic E-state index is 12.8. The zero-order valence-electron chi connectivity index (χ0n) is 19.7. The number of nitrogens with zero attached hydrogens (tertiary/aromatic N) is 2. The fourth-order valence-corrected chi connectivity index (χ4v) is 5.13. The summed E-state index contributed by atoms with van der Waals surface area (Å²) < 4.78 is 7.19. The van der Waals surface area contributed by atoms with E-state index in [1.165, 1.54) is 0 Å². The Balaban J connectivity index is 1.36. The number of fused-ring (bicyclic) bond motifs is 3. The monoisotopic (exact) mass is 501 g/mol. The van der Waals surface area contributed by atoms with E-state index >= 15 is 0 Å². The van der Waals surface area contributed by atoms with Gasteiger partial charge in [-0.2, -0.15) is 5.10 Å². The van der Waals surface area contributed by atoms with Gasteiger partial charge in [-0.1, -0.05) is 66.2 Å². The molecule has 1 amide bonds. The van der Waals surface area contributed by atoms with E-state index in [2.05, 4.69) is 22.5 Å². The number of amides is 1. The van der Waals surface area contributed by atoms with Crippen molar-refractivity contribution in [3.05, 3.63) is 106 Å². The number of hydrogen-bond acceptors (Lipinski definition) is 4. The molecule has 182 valence electrons. The molecule has 5 rings (SSSR count). The highest BCUT2D eigenvalue weighted by Gasteiger charge is 2.32. The fourth-order valence-electron chi connectivity index (χ4n) is 4.95. The highest BCUT2D eigenvalue weighted by molar-refractivity contribution is 6.30. The maximum Gasteiger partial charge on any atom is 0.408 e. The Kier molecular flexibility index (Phi) is 6.24. The minimum Gasteiger partial charge on any atom is -0.479 e. The third-order valence-electron chi connectivity index (χ3n) is 6.54. The Hall–Kier alpha value is -4.10. The third kappa shape index (κ3) is 4.22. The number of benzene rings is 3. The summed E-state index contributed by atoms with van der Waals surface area (Å²) in [6, 6.07) is 21.8. The molecule has 2 N–H and O–H groups in total. The molecule has 0 spiro atoms. The van der Waals surface area contributed by atoms with Gasteiger partial charge in [-0.15, -0.1) is 0 Å². The summed E-state index contributed by atoms with van der Waals surface area (Å²) in [6.45, 7) is 3.55. The van der Waals surface area contributed by atoms with E-state index in [0.717, 1.165) is 22.3 Å². The van der Waals surface area contributed by atoms with Crippen molar-refractivity contribution in [2.75, 3.05) is 6.61 Å². The Morgan fingerprint density at radius 1 is 1.03 bits per heavy atom. The van der Waals surface area contributed by atoms with Crippen molar-refractivity contribution in [2.24, 2.45) is 0 Å². The number of carboxylic acids is 1. The summed E-state index contributed by atoms with van der Waals surface area (Å²) in [5.74, 6) is -1.33. The molecule has 4 aromatic rings. The van der Waals surface area contributed by atoms with Gasteiger partial charge < -0.3 is 15.2 Å². The molecule has 0 bridgehead atoms. The summed E-state index contributed by atoms with van der Waals surface area (Å²) in [7, 11) is 0. The predicted octanol–water partition coefficient (Wildman–Crippen LogP) is 5.81. The first-order valence-corrected chi connectivity index (χ1v) is 11.9. The Bertz CT molecular complexity index is 1430. The topological polar surface area (TPSA) is 93.5 Å². The van der Waals surface area contributed by atoms with Crippen LogP contribution in [0.1, 0.15) is 40.0 Å². The SMILES string of the molecule is Cc1nn(-c2cccc(Cl)c2)c(C)c1C(NC(=O)OCC1c2ccccc2-c2ccccc21)C(=O)O. The van der Waals surface area contributed by atoms with Crippen molar-refractivity contribution in [2.45, 2.75) is 25.8 Å². The van der Waals surface area contributed by atoms with Crippen LogP contribution in [0.3, 0.4) is 0 Å². The van der Waals surface area contributed by atoms with Crippen molar-refractivity contribution in [3.8, 4) is 16.8 Å². The highest BCUT2D eigenvalue weighted by atomic mass is 35.5. The number of aryl methyl sites for hydroxylation is 1. The molecule has 3 aromatic carbocycles. The van der Waals surface area contributed by atoms with Crippen LogP contribution in [0.25, 0.3) is 16.8 Å². The van der Waals surface area contributed by atoms with Crippen molar-refractivity contribution < 1.29 is 19.4 Å². The summed E-state index contributed by atoms with van der Waals surface area (Å²) in [5.41, 5.74) is 6.55. The molecule has 1 aliphatic rings. The Morgan fingerprint density at radius 3 is 2.28 bits per heavy atom. The zero-order chi connectivity index (χ0) is 25.4. The minimum absolute atomic E-state index is 0.0892. The number of rotatable bonds is 6. The lowest BCUT2D eigenvalue weighted by Gasteiger charge is -2.18. The number of aromatic nitrogens is 2. The van der Waals surface area contributed by atoms with Gasteiger partial charge in [0.25, 0.3) is 0 Å². The van der Waals surface area contributed by atoms with Crippen molar-refractivity contribution >= 4 is 23.7 Å². The van der Waals surface area contributed by atoms with Crippen LogP contribution in [-0.2, 0) is 9.53 Å². The van der Waals surface area contributed by atoms with E-state index in [-0.39, 0.29) is 12.5 Å². The summed E-state index contributed by atoms with van der Waals surface area (Å²) in [4.78, 5) is 25.0. The molecule has 1 atom stereocenters. The standard InChI is InChI=1S/C28H24ClN3O4/c1-16-25(17(2)32(31-16)19-9-7-8-18(29)14-19)26(27(33)34)30-28(35)36-15-24-22-12-5-3-10-20(22)21-11-4-6-13-23(21)24/h3-14,24,26H,15H2,1-2H3,(H,30,35)(H,33,34). The van der Waals surface area contributed by atoms with Crippen LogP contribution in [0.15, 0.2) is 72.8 Å². The average Bonchev–Trinajstić information content (AvgIpc) is 3.34. The van der Waals surface area contributed by atoms with E-state index < -0.39 is 18.1 Å². The second-order valence-electron chi connectivity index (χ2n) is 8.72. The third-order valence-corrected chi connectivity index (χ3v) is 6.78. The van der Waals surface area contributed by atoms with Crippen LogP contribution in [-0.4, -0.2) is 33.6 Å². The number of alkyl carbamates (subject to hydrolysis) is 1. The molecule has 1 aromatic heterocycles. The number of carboxylic acid groups (broad SMARTS) is 1. The van der Waals surface area contributed by atoms with E-state index in [9.17, 15) is 14.7 Å². The smallest absolute Gasteiger partial charge is 0.408 e. The zero-order valence-corrected chi connectivity index (χ0v) is 20.5. The minimum atomic E-state index is -1.33. The van der Waals surface area contributed by atoms with Gasteiger partial charge in [-0.25, -0.2) is 14.3 Å². The van der Waals surface area contributed by atoms with E-state index in [4.69, 9.17) is 16.3 Å². The molecule has 36 heavy (non-hydrogen) atoms. The van der Waals surface area contributed by atoms with Crippen LogP contribution in [0.5, 0.6) is 0 Å². The number of ether oxygens (including phenoxy) is 1. The van der Waals surface area contributed by atoms with E-state index in [1.54, 1.807) is 36.7 Å². The van der Waals surface area contributed by atoms with Crippen molar-refractivity contribution in [3.63, 3.8) is 0 Å². The number of carbonyl (C=O) groups is 2. The Morgan fingerprint density at radius 2 is 1.67 bits per heavy atom. The van der Waals surface area contributed by atoms with Crippen LogP contribution in [0.4, 0.5) is 4.79 Å². The second-order valence-corrected chi connectivity index (χ2v) is 9.15. The van der Waals surface area contributed by atoms with Gasteiger partial charge in [0, 0.05) is 22.2 Å². The fraction of sp³-hybridized carbons (Fsp3) is 0.179. The lowest BCUT2D eigenvalue weighted by atomic mass is 9.98. The first-order chi connectivity index (χ1) is 17.3. The van der Waals surface area contributed by atoms with Crippen LogP contribution in [0.2, 0.25) is 5.02 Å². The first-order valence-electron chi connectivity index (χ1n) is 11.5. The lowest BCUT2D eigenvalue weighted by Crippen LogP contribution is -2.35. The molecule has 0 radical (unpaired) electrons. The largest absolute Gasteiger partial charge is 0.479 e. The quantitative estimate of drug-likeness (QED) is 0.348. The molecule has 1 unspecified atom stereocenters. The number of halogens is 1. The number of carbonyl (C=O) groups excluding carboxylic acids is 1. The van der Waals surface area contributed by atoms with Gasteiger partial charge in [0.15, 0.2) is 6.04 Å². The van der Waals surface area contributed by atoms with Crippen LogP contribution < -0.4 is 5.32 Å². The summed E-state index contributed by atoms with van der Waals surface area (Å²) >= 11 is 6.12. The van der Waals surface area contributed by atoms with E-state index in [1.807, 2.05) is 42.5 Å². The van der Waals surface area contributed by atoms with Gasteiger partial charge in [0.2, 0.25) is 0 Å². The van der Waals surface area contributed by atoms with Crippen LogP contribution in [0, 0.1) is 13.8 Å². The lowest BCUT2D eigenvalue weighted by molar-refractivity contribution is -0.139. The first kappa shape index (κ1) is 23.6. The molecule has 1 aliphatic carbocycles. The molecular formula is C28H24ClN3O4. The van der Waals surface area contributed by atoms with Gasteiger partial charge in [0.05, 0.1) is 11.4 Å². The summed E-state index contributed by atoms with van der Waals surface area (Å²) in [5, 5.41) is 17.5. The highest BCUT2D eigenvalue weighted by Crippen LogP contribution is 2.44. The van der Waals surface area contributed by atoms with E-state index in [0.29, 0.717) is 27.7 Å². The van der Waals surface area contributed by atoms with Crippen LogP contribution >= 0.6 is 11.6 Å². The molecule has 8 heteroatoms. The molecule has 1 heterocycles. The summed E-state index contributed by atoms with van der Waals surface area (Å²) in [6.07, 6.45) is -0.807. The van der Waals surface area contributed by atoms with Gasteiger partial charge in [-0.3, -0.25) is 0 Å². The molecule has 0 aliphatic heterocycles. The second kappa shape index (κ2) is 9.51. The molecular weight excluding hydrogens is 478 g/mol. The number of nitrogens with one attached hydrogen (secondary N) is 1. The van der Waals surface area contributed by atoms with Crippen molar-refractivity contribution in [1.82, 2.24) is 15.1 Å². The molecule has 0 saturated carbocycles. The number of hydrogen-bond donors (Lipinski definition) is 2. The maximum atomic E-state index is 12.8. The number of aliphatic carboxylic acids is 1. The van der Waals surface area contributed by atoms with Gasteiger partial charge in [-0.05, 0) is 54.3 Å². The molecule has 0 saturated heterocycles. The van der Waals surface area contributed by atoms with Gasteiger partial charge in [0.1, 0.15) is 6.61 Å². The predicted molar refractivity (Wildman–Crippen MR) is 137 cm³/mol. The molecule has 7 nitrogen and oxygen atoms in total. The van der Waals surface area contributed by atoms with Gasteiger partial charge >= 0.3 is 12.1 Å². The molecule has 0 fully saturated rings. The Labute approximate surface area is 213 Å². The normalized spacial score (nSPS) is 13.1.